The predicted octanol–water partition coefficient (Wildman–Crippen LogP) is 2.34. The van der Waals surface area contributed by atoms with Gasteiger partial charge < -0.3 is 15.1 Å². The van der Waals surface area contributed by atoms with Crippen molar-refractivity contribution < 1.29 is 15.0 Å². The van der Waals surface area contributed by atoms with Crippen molar-refractivity contribution >= 4 is 21.8 Å². The van der Waals surface area contributed by atoms with E-state index in [1.807, 2.05) is 6.92 Å². The van der Waals surface area contributed by atoms with E-state index in [1.165, 1.54) is 23.1 Å². The van der Waals surface area contributed by atoms with Crippen molar-refractivity contribution in [1.82, 2.24) is 4.90 Å². The fourth-order valence-corrected chi connectivity index (χ4v) is 1.62. The number of aromatic hydroxyl groups is 2. The molecule has 1 atom stereocenters. The van der Waals surface area contributed by atoms with Crippen LogP contribution in [0, 0.1) is 0 Å². The van der Waals surface area contributed by atoms with Gasteiger partial charge >= 0.3 is 0 Å². The van der Waals surface area contributed by atoms with Crippen molar-refractivity contribution in [2.75, 3.05) is 13.6 Å². The van der Waals surface area contributed by atoms with E-state index < -0.39 is 0 Å². The Kier molecular flexibility index (Phi) is 4.81. The molecular formula is C12H16BrNO3. The van der Waals surface area contributed by atoms with E-state index in [0.717, 1.165) is 6.42 Å². The number of hydrogen-bond acceptors (Lipinski definition) is 3. The van der Waals surface area contributed by atoms with Gasteiger partial charge in [0.15, 0.2) is 0 Å². The van der Waals surface area contributed by atoms with Crippen molar-refractivity contribution in [1.29, 1.82) is 0 Å². The van der Waals surface area contributed by atoms with Gasteiger partial charge in [-0.05, 0) is 18.6 Å². The molecule has 0 aliphatic carbocycles. The first-order valence-corrected chi connectivity index (χ1v) is 6.25. The lowest BCUT2D eigenvalue weighted by atomic mass is 10.1. The fourth-order valence-electron chi connectivity index (χ4n) is 1.41. The largest absolute Gasteiger partial charge is 0.507 e. The van der Waals surface area contributed by atoms with Crippen LogP contribution >= 0.6 is 15.9 Å². The van der Waals surface area contributed by atoms with Crippen LogP contribution in [0.4, 0.5) is 0 Å². The topological polar surface area (TPSA) is 60.8 Å². The van der Waals surface area contributed by atoms with Gasteiger partial charge in [-0.25, -0.2) is 0 Å². The van der Waals surface area contributed by atoms with Crippen molar-refractivity contribution in [3.8, 4) is 11.5 Å². The standard InChI is InChI=1S/C12H16BrNO3/c1-8(13)6-7-14(2)12(17)11-9(15)4-3-5-10(11)16/h3-5,8,15-16H,6-7H2,1-2H3. The molecule has 0 saturated carbocycles. The van der Waals surface area contributed by atoms with Crippen LogP contribution in [0.1, 0.15) is 23.7 Å². The smallest absolute Gasteiger partial charge is 0.261 e. The summed E-state index contributed by atoms with van der Waals surface area (Å²) in [5, 5.41) is 19.1. The van der Waals surface area contributed by atoms with Gasteiger partial charge in [-0.15, -0.1) is 0 Å². The Morgan fingerprint density at radius 1 is 1.41 bits per heavy atom. The quantitative estimate of drug-likeness (QED) is 0.839. The molecule has 2 N–H and O–H groups in total. The van der Waals surface area contributed by atoms with Crippen molar-refractivity contribution in [2.45, 2.75) is 18.2 Å². The lowest BCUT2D eigenvalue weighted by molar-refractivity contribution is 0.0788. The third-order valence-corrected chi connectivity index (χ3v) is 2.90. The van der Waals surface area contributed by atoms with Gasteiger partial charge in [-0.2, -0.15) is 0 Å². The monoisotopic (exact) mass is 301 g/mol. The van der Waals surface area contributed by atoms with E-state index >= 15 is 0 Å². The van der Waals surface area contributed by atoms with E-state index in [0.29, 0.717) is 11.4 Å². The average molecular weight is 302 g/mol. The summed E-state index contributed by atoms with van der Waals surface area (Å²) in [6.45, 7) is 2.55. The van der Waals surface area contributed by atoms with Crippen molar-refractivity contribution in [2.24, 2.45) is 0 Å². The SMILES string of the molecule is CC(Br)CCN(C)C(=O)c1c(O)cccc1O. The van der Waals surface area contributed by atoms with Crippen LogP contribution in [0.2, 0.25) is 0 Å². The summed E-state index contributed by atoms with van der Waals surface area (Å²) < 4.78 is 0. The number of hydrogen-bond donors (Lipinski definition) is 2. The molecule has 0 radical (unpaired) electrons. The molecular weight excluding hydrogens is 286 g/mol. The molecule has 0 aliphatic rings. The maximum atomic E-state index is 12.0. The van der Waals surface area contributed by atoms with E-state index in [9.17, 15) is 15.0 Å². The van der Waals surface area contributed by atoms with Crippen molar-refractivity contribution in [3.05, 3.63) is 23.8 Å². The third kappa shape index (κ3) is 3.63. The second kappa shape index (κ2) is 5.91. The van der Waals surface area contributed by atoms with Crippen LogP contribution in [0.15, 0.2) is 18.2 Å². The predicted molar refractivity (Wildman–Crippen MR) is 69.7 cm³/mol. The summed E-state index contributed by atoms with van der Waals surface area (Å²) in [6.07, 6.45) is 0.802. The molecule has 1 aromatic rings. The molecule has 0 aliphatic heterocycles. The van der Waals surface area contributed by atoms with Gasteiger partial charge in [0.25, 0.3) is 5.91 Å². The molecule has 17 heavy (non-hydrogen) atoms. The molecule has 1 amide bonds. The molecule has 0 aromatic heterocycles. The zero-order chi connectivity index (χ0) is 13.0. The first-order chi connectivity index (χ1) is 7.93. The highest BCUT2D eigenvalue weighted by molar-refractivity contribution is 9.09. The maximum absolute atomic E-state index is 12.0. The van der Waals surface area contributed by atoms with E-state index in [4.69, 9.17) is 0 Å². The first kappa shape index (κ1) is 13.8. The van der Waals surface area contributed by atoms with Gasteiger partial charge in [-0.3, -0.25) is 4.79 Å². The minimum Gasteiger partial charge on any atom is -0.507 e. The molecule has 4 nitrogen and oxygen atoms in total. The highest BCUT2D eigenvalue weighted by Gasteiger charge is 2.19. The number of carbonyl (C=O) groups excluding carboxylic acids is 1. The fraction of sp³-hybridized carbons (Fsp3) is 0.417. The van der Waals surface area contributed by atoms with Gasteiger partial charge in [0, 0.05) is 18.4 Å². The van der Waals surface area contributed by atoms with E-state index in [1.54, 1.807) is 7.05 Å². The van der Waals surface area contributed by atoms with Crippen LogP contribution in [0.5, 0.6) is 11.5 Å². The number of phenols is 2. The Morgan fingerprint density at radius 3 is 2.41 bits per heavy atom. The number of nitrogens with zero attached hydrogens (tertiary/aromatic N) is 1. The Balaban J connectivity index is 2.82. The number of benzene rings is 1. The molecule has 94 valence electrons. The number of carbonyl (C=O) groups is 1. The Hall–Kier alpha value is -1.23. The summed E-state index contributed by atoms with van der Waals surface area (Å²) in [5.74, 6) is -0.781. The highest BCUT2D eigenvalue weighted by atomic mass is 79.9. The summed E-state index contributed by atoms with van der Waals surface area (Å²) in [6, 6.07) is 4.25. The average Bonchev–Trinajstić information content (AvgIpc) is 2.25. The molecule has 5 heteroatoms. The zero-order valence-electron chi connectivity index (χ0n) is 9.85. The molecule has 1 aromatic carbocycles. The van der Waals surface area contributed by atoms with Crippen LogP contribution in [-0.4, -0.2) is 39.4 Å². The van der Waals surface area contributed by atoms with Gasteiger partial charge in [0.1, 0.15) is 17.1 Å². The summed E-state index contributed by atoms with van der Waals surface area (Å²) >= 11 is 3.40. The van der Waals surface area contributed by atoms with Gasteiger partial charge in [0.05, 0.1) is 0 Å². The molecule has 0 bridgehead atoms. The number of alkyl halides is 1. The second-order valence-corrected chi connectivity index (χ2v) is 5.53. The molecule has 0 fully saturated rings. The third-order valence-electron chi connectivity index (χ3n) is 2.44. The molecule has 1 rings (SSSR count). The summed E-state index contributed by atoms with van der Waals surface area (Å²) in [5.41, 5.74) is -0.0442. The first-order valence-electron chi connectivity index (χ1n) is 5.34. The minimum atomic E-state index is -0.381. The van der Waals surface area contributed by atoms with Crippen LogP contribution in [0.3, 0.4) is 0 Å². The number of halogens is 1. The number of amides is 1. The number of rotatable bonds is 4. The normalized spacial score (nSPS) is 12.2. The molecule has 1 unspecified atom stereocenters. The lowest BCUT2D eigenvalue weighted by Gasteiger charge is -2.19. The van der Waals surface area contributed by atoms with E-state index in [-0.39, 0.29) is 23.0 Å². The highest BCUT2D eigenvalue weighted by Crippen LogP contribution is 2.27. The maximum Gasteiger partial charge on any atom is 0.261 e. The van der Waals surface area contributed by atoms with Crippen molar-refractivity contribution in [3.63, 3.8) is 0 Å². The Bertz CT molecular complexity index is 386. The van der Waals surface area contributed by atoms with E-state index in [2.05, 4.69) is 15.9 Å². The van der Waals surface area contributed by atoms with Crippen LogP contribution in [-0.2, 0) is 0 Å². The molecule has 0 saturated heterocycles. The zero-order valence-corrected chi connectivity index (χ0v) is 11.4. The van der Waals surface area contributed by atoms with Gasteiger partial charge in [-0.1, -0.05) is 28.9 Å². The molecule has 0 heterocycles. The van der Waals surface area contributed by atoms with Gasteiger partial charge in [0.2, 0.25) is 0 Å². The van der Waals surface area contributed by atoms with Crippen LogP contribution < -0.4 is 0 Å². The lowest BCUT2D eigenvalue weighted by Crippen LogP contribution is -2.28. The summed E-state index contributed by atoms with van der Waals surface area (Å²) in [7, 11) is 1.64. The Morgan fingerprint density at radius 2 is 1.94 bits per heavy atom. The van der Waals surface area contributed by atoms with Crippen LogP contribution in [0.25, 0.3) is 0 Å². The Labute approximate surface area is 109 Å². The summed E-state index contributed by atoms with van der Waals surface area (Å²) in [4.78, 5) is 13.8. The number of phenolic OH excluding ortho intramolecular Hbond substituents is 2. The molecule has 0 spiro atoms. The minimum absolute atomic E-state index is 0.0442. The second-order valence-electron chi connectivity index (χ2n) is 3.97.